The fourth-order valence-electron chi connectivity index (χ4n) is 4.89. The van der Waals surface area contributed by atoms with E-state index in [1.54, 1.807) is 23.2 Å². The maximum atomic E-state index is 14.3. The van der Waals surface area contributed by atoms with Crippen molar-refractivity contribution in [3.05, 3.63) is 65.0 Å². The van der Waals surface area contributed by atoms with Gasteiger partial charge in [-0.2, -0.15) is 0 Å². The second kappa shape index (κ2) is 9.05. The van der Waals surface area contributed by atoms with Gasteiger partial charge in [0.1, 0.15) is 5.52 Å². The Hall–Kier alpha value is -3.88. The second-order valence-electron chi connectivity index (χ2n) is 8.78. The number of fused-ring (bicyclic) bond motifs is 2. The van der Waals surface area contributed by atoms with Crippen molar-refractivity contribution in [2.75, 3.05) is 24.5 Å². The number of alkyl halides is 2. The van der Waals surface area contributed by atoms with E-state index < -0.39 is 12.4 Å². The molecule has 0 atom stereocenters. The van der Waals surface area contributed by atoms with Crippen molar-refractivity contribution in [3.8, 4) is 0 Å². The maximum absolute atomic E-state index is 14.3. The fourth-order valence-corrected chi connectivity index (χ4v) is 4.89. The van der Waals surface area contributed by atoms with Gasteiger partial charge in [-0.1, -0.05) is 12.1 Å². The zero-order valence-electron chi connectivity index (χ0n) is 19.2. The number of carbonyl (C=O) groups excluding carboxylic acids is 1. The Labute approximate surface area is 200 Å². The third-order valence-corrected chi connectivity index (χ3v) is 6.65. The molecule has 0 saturated heterocycles. The number of aromatic carboxylic acids is 1. The summed E-state index contributed by atoms with van der Waals surface area (Å²) in [4.78, 5) is 35.7. The molecule has 0 bridgehead atoms. The van der Waals surface area contributed by atoms with Gasteiger partial charge in [-0.3, -0.25) is 9.78 Å². The van der Waals surface area contributed by atoms with Gasteiger partial charge in [-0.25, -0.2) is 18.6 Å². The number of rotatable bonds is 4. The van der Waals surface area contributed by atoms with Crippen molar-refractivity contribution in [2.24, 2.45) is 0 Å². The Morgan fingerprint density at radius 2 is 1.97 bits per heavy atom. The molecule has 0 spiro atoms. The number of benzene rings is 1. The number of aromatic nitrogens is 2. The van der Waals surface area contributed by atoms with E-state index in [2.05, 4.69) is 9.97 Å². The summed E-state index contributed by atoms with van der Waals surface area (Å²) < 4.78 is 28.6. The first-order valence-electron chi connectivity index (χ1n) is 11.5. The Kier molecular flexibility index (Phi) is 5.92. The summed E-state index contributed by atoms with van der Waals surface area (Å²) in [5.74, 6) is -0.850. The van der Waals surface area contributed by atoms with E-state index in [9.17, 15) is 23.5 Å². The first-order chi connectivity index (χ1) is 16.8. The number of hydrogen-bond donors (Lipinski definition) is 1. The van der Waals surface area contributed by atoms with Crippen LogP contribution in [0.5, 0.6) is 0 Å². The number of aryl methyl sites for hydroxylation is 1. The molecule has 0 fully saturated rings. The average molecular weight is 478 g/mol. The third-order valence-electron chi connectivity index (χ3n) is 6.65. The Morgan fingerprint density at radius 1 is 1.14 bits per heavy atom. The highest BCUT2D eigenvalue weighted by atomic mass is 19.3. The minimum Gasteiger partial charge on any atom is -0.477 e. The van der Waals surface area contributed by atoms with Crippen molar-refractivity contribution < 1.29 is 23.5 Å². The number of amides is 1. The van der Waals surface area contributed by atoms with Crippen LogP contribution in [0, 0.1) is 0 Å². The lowest BCUT2D eigenvalue weighted by Crippen LogP contribution is -2.32. The number of carboxylic acids is 1. The van der Waals surface area contributed by atoms with E-state index >= 15 is 0 Å². The summed E-state index contributed by atoms with van der Waals surface area (Å²) in [7, 11) is 0. The molecule has 4 heterocycles. The molecule has 0 radical (unpaired) electrons. The van der Waals surface area contributed by atoms with Crippen LogP contribution in [-0.2, 0) is 11.2 Å². The summed E-state index contributed by atoms with van der Waals surface area (Å²) in [6.45, 7) is 2.91. The number of carbonyl (C=O) groups is 2. The molecular formula is C26H24F2N4O3. The smallest absolute Gasteiger partial charge is 0.354 e. The van der Waals surface area contributed by atoms with Gasteiger partial charge in [0.05, 0.1) is 0 Å². The fraction of sp³-hybridized carbons (Fsp3) is 0.308. The van der Waals surface area contributed by atoms with E-state index in [4.69, 9.17) is 0 Å². The molecule has 180 valence electrons. The largest absolute Gasteiger partial charge is 0.477 e. The zero-order valence-corrected chi connectivity index (χ0v) is 19.2. The van der Waals surface area contributed by atoms with Gasteiger partial charge in [-0.05, 0) is 60.2 Å². The van der Waals surface area contributed by atoms with Crippen LogP contribution in [0.2, 0.25) is 0 Å². The molecule has 2 aliphatic rings. The van der Waals surface area contributed by atoms with Crippen molar-refractivity contribution >= 4 is 39.9 Å². The van der Waals surface area contributed by atoms with E-state index in [1.807, 2.05) is 17.0 Å². The molecule has 5 rings (SSSR count). The van der Waals surface area contributed by atoms with Crippen molar-refractivity contribution in [2.45, 2.75) is 32.6 Å². The standard InChI is InChI=1S/C26H24F2N4O3/c1-15(33)31-10-6-16(7-11-31)19-12-17-5-3-9-32(22(17)14-20(19)24(27)28)25-23-18(4-2-8-29-23)13-21(30-25)26(34)35/h2,4,6,8,12-14,24H,3,5,7,9-11H2,1H3,(H,34,35). The first kappa shape index (κ1) is 22.9. The molecule has 1 N–H and O–H groups in total. The Bertz CT molecular complexity index is 1370. The predicted molar refractivity (Wildman–Crippen MR) is 128 cm³/mol. The number of pyridine rings is 2. The van der Waals surface area contributed by atoms with Crippen LogP contribution in [0.15, 0.2) is 42.6 Å². The number of anilines is 2. The van der Waals surface area contributed by atoms with Crippen LogP contribution in [0.1, 0.15) is 53.4 Å². The summed E-state index contributed by atoms with van der Waals surface area (Å²) in [6, 6.07) is 8.28. The summed E-state index contributed by atoms with van der Waals surface area (Å²) in [5.41, 5.74) is 3.14. The van der Waals surface area contributed by atoms with Crippen molar-refractivity contribution in [1.29, 1.82) is 0 Å². The quantitative estimate of drug-likeness (QED) is 0.569. The highest BCUT2D eigenvalue weighted by Gasteiger charge is 2.28. The summed E-state index contributed by atoms with van der Waals surface area (Å²) in [5, 5.41) is 10.2. The molecule has 2 aromatic heterocycles. The first-order valence-corrected chi connectivity index (χ1v) is 11.5. The van der Waals surface area contributed by atoms with Gasteiger partial charge in [-0.15, -0.1) is 0 Å². The predicted octanol–water partition coefficient (Wildman–Crippen LogP) is 4.99. The average Bonchev–Trinajstić information content (AvgIpc) is 2.86. The molecule has 1 aromatic carbocycles. The van der Waals surface area contributed by atoms with Crippen LogP contribution >= 0.6 is 0 Å². The van der Waals surface area contributed by atoms with Crippen molar-refractivity contribution in [3.63, 3.8) is 0 Å². The molecule has 1 amide bonds. The van der Waals surface area contributed by atoms with Crippen LogP contribution in [0.3, 0.4) is 0 Å². The third kappa shape index (κ3) is 4.22. The minimum absolute atomic E-state index is 0.0348. The number of nitrogens with zero attached hydrogens (tertiary/aromatic N) is 4. The molecule has 35 heavy (non-hydrogen) atoms. The normalized spacial score (nSPS) is 15.8. The molecule has 9 heteroatoms. The van der Waals surface area contributed by atoms with E-state index in [-0.39, 0.29) is 17.2 Å². The van der Waals surface area contributed by atoms with E-state index in [0.717, 1.165) is 17.6 Å². The van der Waals surface area contributed by atoms with Gasteiger partial charge in [0.25, 0.3) is 6.43 Å². The lowest BCUT2D eigenvalue weighted by atomic mass is 9.89. The van der Waals surface area contributed by atoms with E-state index in [1.165, 1.54) is 19.1 Å². The van der Waals surface area contributed by atoms with Crippen LogP contribution < -0.4 is 4.90 Å². The van der Waals surface area contributed by atoms with Gasteiger partial charge in [0.2, 0.25) is 5.91 Å². The Balaban J connectivity index is 1.64. The van der Waals surface area contributed by atoms with Gasteiger partial charge in [0, 0.05) is 49.4 Å². The molecule has 0 aliphatic carbocycles. The molecule has 0 saturated carbocycles. The number of carboxylic acid groups (broad SMARTS) is 1. The molecule has 3 aromatic rings. The topological polar surface area (TPSA) is 86.6 Å². The van der Waals surface area contributed by atoms with E-state index in [0.29, 0.717) is 60.4 Å². The maximum Gasteiger partial charge on any atom is 0.354 e. The lowest BCUT2D eigenvalue weighted by molar-refractivity contribution is -0.128. The van der Waals surface area contributed by atoms with Crippen molar-refractivity contribution in [1.82, 2.24) is 14.9 Å². The molecule has 2 aliphatic heterocycles. The second-order valence-corrected chi connectivity index (χ2v) is 8.78. The minimum atomic E-state index is -2.70. The van der Waals surface area contributed by atoms with Gasteiger partial charge in [0.15, 0.2) is 11.5 Å². The monoisotopic (exact) mass is 478 g/mol. The van der Waals surface area contributed by atoms with Gasteiger partial charge < -0.3 is 14.9 Å². The highest BCUT2D eigenvalue weighted by molar-refractivity contribution is 5.97. The van der Waals surface area contributed by atoms with Crippen LogP contribution in [0.25, 0.3) is 16.5 Å². The Morgan fingerprint density at radius 3 is 2.66 bits per heavy atom. The molecule has 7 nitrogen and oxygen atoms in total. The number of halogens is 2. The van der Waals surface area contributed by atoms with Crippen LogP contribution in [0.4, 0.5) is 20.3 Å². The SMILES string of the molecule is CC(=O)N1CC=C(c2cc3c(cc2C(F)F)N(c2nc(C(=O)O)cc4cccnc24)CCC3)CC1. The highest BCUT2D eigenvalue weighted by Crippen LogP contribution is 2.41. The summed E-state index contributed by atoms with van der Waals surface area (Å²) >= 11 is 0. The molecular weight excluding hydrogens is 454 g/mol. The zero-order chi connectivity index (χ0) is 24.7. The van der Waals surface area contributed by atoms with Crippen LogP contribution in [-0.4, -0.2) is 51.5 Å². The molecule has 0 unspecified atom stereocenters. The lowest BCUT2D eigenvalue weighted by Gasteiger charge is -2.33. The number of hydrogen-bond acceptors (Lipinski definition) is 5. The summed E-state index contributed by atoms with van der Waals surface area (Å²) in [6.07, 6.45) is 2.74. The van der Waals surface area contributed by atoms with Gasteiger partial charge >= 0.3 is 5.97 Å².